The van der Waals surface area contributed by atoms with Crippen LogP contribution in [0, 0.1) is 0 Å². The van der Waals surface area contributed by atoms with Gasteiger partial charge in [0.05, 0.1) is 12.7 Å². The Labute approximate surface area is 127 Å². The molecule has 2 rings (SSSR count). The molecule has 1 N–H and O–H groups in total. The van der Waals surface area contributed by atoms with Crippen molar-refractivity contribution in [3.63, 3.8) is 0 Å². The lowest BCUT2D eigenvalue weighted by molar-refractivity contribution is 0.0600. The molecule has 4 heteroatoms. The van der Waals surface area contributed by atoms with Crippen LogP contribution in [0.5, 0.6) is 0 Å². The largest absolute Gasteiger partial charge is 0.465 e. The number of ether oxygens (including phenoxy) is 1. The van der Waals surface area contributed by atoms with Crippen LogP contribution < -0.4 is 5.32 Å². The lowest BCUT2D eigenvalue weighted by Crippen LogP contribution is -2.13. The van der Waals surface area contributed by atoms with Gasteiger partial charge in [0.25, 0.3) is 0 Å². The third kappa shape index (κ3) is 3.92. The van der Waals surface area contributed by atoms with E-state index in [0.717, 1.165) is 23.1 Å². The zero-order valence-electron chi connectivity index (χ0n) is 11.2. The van der Waals surface area contributed by atoms with Gasteiger partial charge < -0.3 is 10.1 Å². The van der Waals surface area contributed by atoms with Crippen LogP contribution in [0.15, 0.2) is 53.0 Å². The maximum atomic E-state index is 11.3. The normalized spacial score (nSPS) is 10.3. The summed E-state index contributed by atoms with van der Waals surface area (Å²) in [7, 11) is 1.38. The van der Waals surface area contributed by atoms with Crippen LogP contribution in [0.3, 0.4) is 0 Å². The number of benzene rings is 2. The number of hydrogen-bond donors (Lipinski definition) is 1. The molecule has 0 unspecified atom stereocenters. The Morgan fingerprint density at radius 1 is 1.10 bits per heavy atom. The topological polar surface area (TPSA) is 38.3 Å². The Morgan fingerprint density at radius 3 is 2.45 bits per heavy atom. The molecule has 0 heterocycles. The highest BCUT2D eigenvalue weighted by Crippen LogP contribution is 2.15. The molecular formula is C16H16BrNO2. The highest BCUT2D eigenvalue weighted by atomic mass is 79.9. The molecule has 0 aromatic heterocycles. The molecule has 0 atom stereocenters. The van der Waals surface area contributed by atoms with Gasteiger partial charge in [0.1, 0.15) is 0 Å². The standard InChI is InChI=1S/C16H16BrNO2/c1-20-16(19)13-8-6-12(7-9-13)10-18-11-14-4-2-3-5-15(14)17/h2-9,18H,10-11H2,1H3. The van der Waals surface area contributed by atoms with E-state index in [-0.39, 0.29) is 5.97 Å². The number of rotatable bonds is 5. The minimum Gasteiger partial charge on any atom is -0.465 e. The van der Waals surface area contributed by atoms with E-state index in [1.807, 2.05) is 30.3 Å². The Morgan fingerprint density at radius 2 is 1.80 bits per heavy atom. The zero-order valence-corrected chi connectivity index (χ0v) is 12.8. The van der Waals surface area contributed by atoms with Crippen molar-refractivity contribution in [2.24, 2.45) is 0 Å². The molecule has 20 heavy (non-hydrogen) atoms. The molecule has 0 radical (unpaired) electrons. The third-order valence-electron chi connectivity index (χ3n) is 2.98. The summed E-state index contributed by atoms with van der Waals surface area (Å²) in [4.78, 5) is 11.3. The van der Waals surface area contributed by atoms with Crippen molar-refractivity contribution in [2.75, 3.05) is 7.11 Å². The van der Waals surface area contributed by atoms with Gasteiger partial charge in [0, 0.05) is 17.6 Å². The van der Waals surface area contributed by atoms with Gasteiger partial charge in [0.15, 0.2) is 0 Å². The molecule has 0 saturated heterocycles. The van der Waals surface area contributed by atoms with E-state index in [4.69, 9.17) is 0 Å². The summed E-state index contributed by atoms with van der Waals surface area (Å²) in [6.07, 6.45) is 0. The number of hydrogen-bond acceptors (Lipinski definition) is 3. The maximum Gasteiger partial charge on any atom is 0.337 e. The Hall–Kier alpha value is -1.65. The molecule has 104 valence electrons. The first-order chi connectivity index (χ1) is 9.70. The first-order valence-corrected chi connectivity index (χ1v) is 7.11. The molecular weight excluding hydrogens is 318 g/mol. The number of carbonyl (C=O) groups is 1. The highest BCUT2D eigenvalue weighted by Gasteiger charge is 2.04. The summed E-state index contributed by atoms with van der Waals surface area (Å²) >= 11 is 3.52. The SMILES string of the molecule is COC(=O)c1ccc(CNCc2ccccc2Br)cc1. The van der Waals surface area contributed by atoms with E-state index in [1.54, 1.807) is 12.1 Å². The Kier molecular flexibility index (Phi) is 5.32. The molecule has 0 fully saturated rings. The second-order valence-corrected chi connectivity index (χ2v) is 5.24. The molecule has 0 saturated carbocycles. The highest BCUT2D eigenvalue weighted by molar-refractivity contribution is 9.10. The first-order valence-electron chi connectivity index (χ1n) is 6.32. The van der Waals surface area contributed by atoms with Gasteiger partial charge in [-0.15, -0.1) is 0 Å². The molecule has 0 bridgehead atoms. The average molecular weight is 334 g/mol. The molecule has 0 aliphatic carbocycles. The van der Waals surface area contributed by atoms with Crippen LogP contribution in [0.4, 0.5) is 0 Å². The summed E-state index contributed by atoms with van der Waals surface area (Å²) in [5.74, 6) is -0.308. The zero-order chi connectivity index (χ0) is 14.4. The second kappa shape index (κ2) is 7.22. The van der Waals surface area contributed by atoms with Gasteiger partial charge in [-0.3, -0.25) is 0 Å². The fraction of sp³-hybridized carbons (Fsp3) is 0.188. The average Bonchev–Trinajstić information content (AvgIpc) is 2.49. The minimum absolute atomic E-state index is 0.308. The van der Waals surface area contributed by atoms with E-state index in [9.17, 15) is 4.79 Å². The van der Waals surface area contributed by atoms with Gasteiger partial charge in [-0.05, 0) is 29.3 Å². The van der Waals surface area contributed by atoms with Crippen molar-refractivity contribution in [1.29, 1.82) is 0 Å². The van der Waals surface area contributed by atoms with Gasteiger partial charge >= 0.3 is 5.97 Å². The van der Waals surface area contributed by atoms with Gasteiger partial charge in [-0.25, -0.2) is 4.79 Å². The fourth-order valence-corrected chi connectivity index (χ4v) is 2.28. The molecule has 2 aromatic rings. The quantitative estimate of drug-likeness (QED) is 0.850. The molecule has 2 aromatic carbocycles. The molecule has 0 aliphatic rings. The van der Waals surface area contributed by atoms with Crippen LogP contribution >= 0.6 is 15.9 Å². The van der Waals surface area contributed by atoms with E-state index >= 15 is 0 Å². The molecule has 0 amide bonds. The van der Waals surface area contributed by atoms with Gasteiger partial charge in [0.2, 0.25) is 0 Å². The molecule has 0 aliphatic heterocycles. The predicted octanol–water partition coefficient (Wildman–Crippen LogP) is 3.53. The van der Waals surface area contributed by atoms with Crippen LogP contribution in [0.25, 0.3) is 0 Å². The van der Waals surface area contributed by atoms with Crippen molar-refractivity contribution >= 4 is 21.9 Å². The van der Waals surface area contributed by atoms with Gasteiger partial charge in [-0.2, -0.15) is 0 Å². The second-order valence-electron chi connectivity index (χ2n) is 4.38. The monoisotopic (exact) mass is 333 g/mol. The Balaban J connectivity index is 1.88. The van der Waals surface area contributed by atoms with Crippen LogP contribution in [0.2, 0.25) is 0 Å². The fourth-order valence-electron chi connectivity index (χ4n) is 1.86. The first kappa shape index (κ1) is 14.8. The Bertz CT molecular complexity index is 581. The van der Waals surface area contributed by atoms with Crippen LogP contribution in [-0.4, -0.2) is 13.1 Å². The van der Waals surface area contributed by atoms with Crippen molar-refractivity contribution < 1.29 is 9.53 Å². The maximum absolute atomic E-state index is 11.3. The number of halogens is 1. The molecule has 0 spiro atoms. The van der Waals surface area contributed by atoms with Crippen molar-refractivity contribution in [2.45, 2.75) is 13.1 Å². The molecule has 3 nitrogen and oxygen atoms in total. The van der Waals surface area contributed by atoms with Crippen LogP contribution in [0.1, 0.15) is 21.5 Å². The lowest BCUT2D eigenvalue weighted by atomic mass is 10.1. The number of methoxy groups -OCH3 is 1. The van der Waals surface area contributed by atoms with E-state index in [2.05, 4.69) is 32.0 Å². The predicted molar refractivity (Wildman–Crippen MR) is 82.5 cm³/mol. The van der Waals surface area contributed by atoms with E-state index < -0.39 is 0 Å². The summed E-state index contributed by atoms with van der Waals surface area (Å²) in [5.41, 5.74) is 2.92. The third-order valence-corrected chi connectivity index (χ3v) is 3.75. The summed E-state index contributed by atoms with van der Waals surface area (Å²) in [6.45, 7) is 1.54. The smallest absolute Gasteiger partial charge is 0.337 e. The van der Waals surface area contributed by atoms with Crippen molar-refractivity contribution in [3.8, 4) is 0 Å². The van der Waals surface area contributed by atoms with E-state index in [1.165, 1.54) is 12.7 Å². The van der Waals surface area contributed by atoms with Crippen molar-refractivity contribution in [1.82, 2.24) is 5.32 Å². The van der Waals surface area contributed by atoms with Gasteiger partial charge in [-0.1, -0.05) is 46.3 Å². The van der Waals surface area contributed by atoms with Crippen molar-refractivity contribution in [3.05, 3.63) is 69.7 Å². The lowest BCUT2D eigenvalue weighted by Gasteiger charge is -2.07. The van der Waals surface area contributed by atoms with Crippen LogP contribution in [-0.2, 0) is 17.8 Å². The summed E-state index contributed by atoms with van der Waals surface area (Å²) in [6, 6.07) is 15.5. The number of esters is 1. The number of nitrogens with one attached hydrogen (secondary N) is 1. The summed E-state index contributed by atoms with van der Waals surface area (Å²) < 4.78 is 5.77. The number of carbonyl (C=O) groups excluding carboxylic acids is 1. The minimum atomic E-state index is -0.308. The van der Waals surface area contributed by atoms with E-state index in [0.29, 0.717) is 5.56 Å². The summed E-state index contributed by atoms with van der Waals surface area (Å²) in [5, 5.41) is 3.38.